The molecule has 0 aliphatic heterocycles. The van der Waals surface area contributed by atoms with Crippen LogP contribution in [0.4, 0.5) is 20.3 Å². The molecular formula is C21H18F2N4O3. The molecule has 0 aliphatic carbocycles. The molecule has 0 bridgehead atoms. The minimum Gasteiger partial charge on any atom is -0.344 e. The molecular weight excluding hydrogens is 394 g/mol. The van der Waals surface area contributed by atoms with Crippen molar-refractivity contribution in [2.24, 2.45) is 7.05 Å². The lowest BCUT2D eigenvalue weighted by atomic mass is 10.1. The highest BCUT2D eigenvalue weighted by Gasteiger charge is 2.28. The van der Waals surface area contributed by atoms with Gasteiger partial charge in [0.25, 0.3) is 17.6 Å². The number of amides is 2. The molecule has 0 saturated carbocycles. The van der Waals surface area contributed by atoms with Gasteiger partial charge in [-0.05, 0) is 43.7 Å². The number of carbonyl (C=O) groups excluding carboxylic acids is 3. The summed E-state index contributed by atoms with van der Waals surface area (Å²) in [6.07, 6.45) is 1.47. The van der Waals surface area contributed by atoms with Crippen molar-refractivity contribution < 1.29 is 23.2 Å². The fraction of sp³-hybridized carbons (Fsp3) is 0.143. The van der Waals surface area contributed by atoms with Gasteiger partial charge in [-0.25, -0.2) is 13.8 Å². The zero-order valence-corrected chi connectivity index (χ0v) is 16.4. The second kappa shape index (κ2) is 8.24. The number of anilines is 2. The molecule has 2 N–H and O–H groups in total. The quantitative estimate of drug-likeness (QED) is 0.496. The Balaban J connectivity index is 1.88. The zero-order chi connectivity index (χ0) is 22.0. The van der Waals surface area contributed by atoms with Crippen molar-refractivity contribution in [2.45, 2.75) is 13.8 Å². The summed E-state index contributed by atoms with van der Waals surface area (Å²) in [5.41, 5.74) is 0.979. The lowest BCUT2D eigenvalue weighted by Crippen LogP contribution is -2.26. The molecule has 0 unspecified atom stereocenters. The Labute approximate surface area is 170 Å². The Morgan fingerprint density at radius 2 is 1.73 bits per heavy atom. The Morgan fingerprint density at radius 1 is 1.00 bits per heavy atom. The number of aromatic nitrogens is 2. The number of Topliss-reactive ketones (excluding diaryl/α,β-unsaturated/α-hetero) is 1. The van der Waals surface area contributed by atoms with E-state index in [4.69, 9.17) is 0 Å². The lowest BCUT2D eigenvalue weighted by Gasteiger charge is -2.07. The molecule has 2 heterocycles. The average Bonchev–Trinajstić information content (AvgIpc) is 2.93. The van der Waals surface area contributed by atoms with Crippen LogP contribution in [0.25, 0.3) is 0 Å². The fourth-order valence-corrected chi connectivity index (χ4v) is 3.12. The maximum absolute atomic E-state index is 13.4. The van der Waals surface area contributed by atoms with Crippen LogP contribution in [-0.4, -0.2) is 27.1 Å². The maximum Gasteiger partial charge on any atom is 0.299 e. The van der Waals surface area contributed by atoms with Crippen LogP contribution in [0.1, 0.15) is 32.1 Å². The van der Waals surface area contributed by atoms with Gasteiger partial charge in [0.15, 0.2) is 11.6 Å². The number of rotatable bonds is 5. The summed E-state index contributed by atoms with van der Waals surface area (Å²) in [7, 11) is 1.55. The number of pyridine rings is 1. The number of halogens is 2. The van der Waals surface area contributed by atoms with Gasteiger partial charge in [-0.3, -0.25) is 14.4 Å². The number of nitrogens with one attached hydrogen (secondary N) is 2. The highest BCUT2D eigenvalue weighted by Crippen LogP contribution is 2.24. The molecule has 2 amide bonds. The van der Waals surface area contributed by atoms with E-state index in [0.717, 1.165) is 12.1 Å². The Kier molecular flexibility index (Phi) is 5.72. The highest BCUT2D eigenvalue weighted by molar-refractivity contribution is 6.46. The van der Waals surface area contributed by atoms with Crippen molar-refractivity contribution in [1.82, 2.24) is 9.55 Å². The van der Waals surface area contributed by atoms with E-state index >= 15 is 0 Å². The van der Waals surface area contributed by atoms with E-state index < -0.39 is 29.2 Å². The number of carbonyl (C=O) groups is 3. The molecule has 0 saturated heterocycles. The third-order valence-corrected chi connectivity index (χ3v) is 4.66. The minimum atomic E-state index is -1.10. The predicted octanol–water partition coefficient (Wildman–Crippen LogP) is 3.39. The summed E-state index contributed by atoms with van der Waals surface area (Å²) in [5.74, 6) is -4.27. The fourth-order valence-electron chi connectivity index (χ4n) is 3.12. The first kappa shape index (κ1) is 20.8. The highest BCUT2D eigenvalue weighted by atomic mass is 19.2. The summed E-state index contributed by atoms with van der Waals surface area (Å²) in [6.45, 7) is 3.15. The second-order valence-electron chi connectivity index (χ2n) is 6.57. The lowest BCUT2D eigenvalue weighted by molar-refractivity contribution is -0.112. The standard InChI is InChI=1S/C21H18F2N4O3/c1-11-17(20(29)25-13-7-8-14(22)15(23)10-13)12(2)27(3)18(11)19(28)21(30)26-16-6-4-5-9-24-16/h4-10H,1-3H3,(H,25,29)(H,24,26,30). The minimum absolute atomic E-state index is 0.0383. The summed E-state index contributed by atoms with van der Waals surface area (Å²) < 4.78 is 27.9. The van der Waals surface area contributed by atoms with E-state index in [2.05, 4.69) is 15.6 Å². The topological polar surface area (TPSA) is 93.1 Å². The van der Waals surface area contributed by atoms with E-state index in [1.165, 1.54) is 29.8 Å². The normalized spacial score (nSPS) is 10.6. The molecule has 0 aliphatic rings. The van der Waals surface area contributed by atoms with Crippen LogP contribution >= 0.6 is 0 Å². The van der Waals surface area contributed by atoms with Gasteiger partial charge in [0.2, 0.25) is 0 Å². The van der Waals surface area contributed by atoms with Crippen molar-refractivity contribution in [3.8, 4) is 0 Å². The van der Waals surface area contributed by atoms with Crippen molar-refractivity contribution in [3.05, 3.63) is 76.7 Å². The number of hydrogen-bond acceptors (Lipinski definition) is 4. The number of nitrogens with zero attached hydrogens (tertiary/aromatic N) is 2. The predicted molar refractivity (Wildman–Crippen MR) is 106 cm³/mol. The molecule has 3 rings (SSSR count). The van der Waals surface area contributed by atoms with Gasteiger partial charge in [-0.2, -0.15) is 0 Å². The first-order valence-corrected chi connectivity index (χ1v) is 8.89. The van der Waals surface area contributed by atoms with Crippen molar-refractivity contribution in [2.75, 3.05) is 10.6 Å². The van der Waals surface area contributed by atoms with Crippen LogP contribution in [0.5, 0.6) is 0 Å². The van der Waals surface area contributed by atoms with Crippen LogP contribution in [0.3, 0.4) is 0 Å². The van der Waals surface area contributed by atoms with E-state index in [1.54, 1.807) is 26.1 Å². The maximum atomic E-state index is 13.4. The van der Waals surface area contributed by atoms with E-state index in [-0.39, 0.29) is 28.3 Å². The van der Waals surface area contributed by atoms with Gasteiger partial charge < -0.3 is 15.2 Å². The number of benzene rings is 1. The summed E-state index contributed by atoms with van der Waals surface area (Å²) in [5, 5.41) is 4.89. The molecule has 0 atom stereocenters. The summed E-state index contributed by atoms with van der Waals surface area (Å²) >= 11 is 0. The molecule has 0 spiro atoms. The monoisotopic (exact) mass is 412 g/mol. The Morgan fingerprint density at radius 3 is 2.37 bits per heavy atom. The molecule has 3 aromatic rings. The van der Waals surface area contributed by atoms with Gasteiger partial charge >= 0.3 is 0 Å². The first-order valence-electron chi connectivity index (χ1n) is 8.89. The van der Waals surface area contributed by atoms with Crippen molar-refractivity contribution >= 4 is 29.1 Å². The third kappa shape index (κ3) is 3.95. The van der Waals surface area contributed by atoms with Crippen molar-refractivity contribution in [1.29, 1.82) is 0 Å². The van der Waals surface area contributed by atoms with E-state index in [1.807, 2.05) is 0 Å². The van der Waals surface area contributed by atoms with Crippen molar-refractivity contribution in [3.63, 3.8) is 0 Å². The molecule has 30 heavy (non-hydrogen) atoms. The van der Waals surface area contributed by atoms with Crippen LogP contribution in [-0.2, 0) is 11.8 Å². The molecule has 0 fully saturated rings. The van der Waals surface area contributed by atoms with Crippen LogP contribution in [0, 0.1) is 25.5 Å². The smallest absolute Gasteiger partial charge is 0.299 e. The van der Waals surface area contributed by atoms with Gasteiger partial charge in [0.1, 0.15) is 5.82 Å². The largest absolute Gasteiger partial charge is 0.344 e. The second-order valence-corrected chi connectivity index (χ2v) is 6.57. The van der Waals surface area contributed by atoms with Gasteiger partial charge in [0, 0.05) is 30.7 Å². The average molecular weight is 412 g/mol. The van der Waals surface area contributed by atoms with E-state index in [9.17, 15) is 23.2 Å². The molecule has 0 radical (unpaired) electrons. The molecule has 9 heteroatoms. The van der Waals surface area contributed by atoms with Crippen LogP contribution < -0.4 is 10.6 Å². The summed E-state index contributed by atoms with van der Waals surface area (Å²) in [6, 6.07) is 7.83. The number of hydrogen-bond donors (Lipinski definition) is 2. The molecule has 154 valence electrons. The Bertz CT molecular complexity index is 1160. The van der Waals surface area contributed by atoms with Gasteiger partial charge in [-0.15, -0.1) is 0 Å². The summed E-state index contributed by atoms with van der Waals surface area (Å²) in [4.78, 5) is 41.8. The molecule has 2 aromatic heterocycles. The van der Waals surface area contributed by atoms with E-state index in [0.29, 0.717) is 5.69 Å². The number of ketones is 1. The van der Waals surface area contributed by atoms with Gasteiger partial charge in [-0.1, -0.05) is 6.07 Å². The Hall–Kier alpha value is -3.88. The third-order valence-electron chi connectivity index (χ3n) is 4.66. The first-order chi connectivity index (χ1) is 14.2. The molecule has 1 aromatic carbocycles. The zero-order valence-electron chi connectivity index (χ0n) is 16.4. The van der Waals surface area contributed by atoms with Crippen LogP contribution in [0.15, 0.2) is 42.6 Å². The SMILES string of the molecule is Cc1c(C(=O)Nc2ccc(F)c(F)c2)c(C)n(C)c1C(=O)C(=O)Nc1ccccn1. The molecule has 7 nitrogen and oxygen atoms in total. The van der Waals surface area contributed by atoms with Gasteiger partial charge in [0.05, 0.1) is 11.3 Å². The van der Waals surface area contributed by atoms with Crippen LogP contribution in [0.2, 0.25) is 0 Å².